The third-order valence-electron chi connectivity index (χ3n) is 3.96. The van der Waals surface area contributed by atoms with Crippen molar-refractivity contribution in [2.24, 2.45) is 10.4 Å². The molecular formula is C15H21BrN2S. The molecule has 0 spiro atoms. The zero-order valence-electron chi connectivity index (χ0n) is 11.6. The van der Waals surface area contributed by atoms with Gasteiger partial charge < -0.3 is 5.32 Å². The van der Waals surface area contributed by atoms with Crippen LogP contribution in [0.4, 0.5) is 0 Å². The molecule has 0 unspecified atom stereocenters. The first kappa shape index (κ1) is 14.9. The number of aliphatic imine (C=N–C) groups is 1. The van der Waals surface area contributed by atoms with E-state index in [4.69, 9.17) is 4.99 Å². The smallest absolute Gasteiger partial charge is 0.156 e. The van der Waals surface area contributed by atoms with E-state index in [1.807, 2.05) is 17.8 Å². The van der Waals surface area contributed by atoms with Gasteiger partial charge in [-0.15, -0.1) is 0 Å². The first-order valence-corrected chi connectivity index (χ1v) is 8.61. The van der Waals surface area contributed by atoms with Gasteiger partial charge in [0.2, 0.25) is 0 Å². The molecule has 0 saturated carbocycles. The predicted molar refractivity (Wildman–Crippen MR) is 88.8 cm³/mol. The Labute approximate surface area is 128 Å². The third kappa shape index (κ3) is 3.76. The van der Waals surface area contributed by atoms with Crippen LogP contribution in [0.2, 0.25) is 0 Å². The average Bonchev–Trinajstić information content (AvgIpc) is 2.47. The van der Waals surface area contributed by atoms with E-state index in [0.29, 0.717) is 5.41 Å². The third-order valence-corrected chi connectivity index (χ3v) is 6.04. The summed E-state index contributed by atoms with van der Waals surface area (Å²) in [6.45, 7) is 6.35. The number of nitrogens with zero attached hydrogens (tertiary/aromatic N) is 1. The molecule has 4 heteroatoms. The Morgan fingerprint density at radius 3 is 2.63 bits per heavy atom. The molecule has 2 rings (SSSR count). The number of amidine groups is 1. The van der Waals surface area contributed by atoms with Crippen LogP contribution in [0.1, 0.15) is 32.3 Å². The normalized spacial score (nSPS) is 17.9. The molecule has 0 saturated heterocycles. The first-order valence-electron chi connectivity index (χ1n) is 6.83. The van der Waals surface area contributed by atoms with Crippen molar-refractivity contribution in [3.8, 4) is 0 Å². The lowest BCUT2D eigenvalue weighted by Gasteiger charge is -2.33. The Bertz CT molecular complexity index is 455. The van der Waals surface area contributed by atoms with Crippen LogP contribution < -0.4 is 5.32 Å². The fourth-order valence-electron chi connectivity index (χ4n) is 2.15. The number of hydrogen-bond acceptors (Lipinski definition) is 3. The summed E-state index contributed by atoms with van der Waals surface area (Å²) in [4.78, 5) is 4.72. The highest BCUT2D eigenvalue weighted by Gasteiger charge is 2.29. The van der Waals surface area contributed by atoms with Gasteiger partial charge in [0.05, 0.1) is 0 Å². The number of halogens is 1. The molecule has 2 nitrogen and oxygen atoms in total. The highest BCUT2D eigenvalue weighted by atomic mass is 79.9. The number of nitrogens with one attached hydrogen (secondary N) is 1. The molecule has 1 aromatic rings. The largest absolute Gasteiger partial charge is 0.361 e. The number of rotatable bonds is 4. The van der Waals surface area contributed by atoms with Gasteiger partial charge in [-0.05, 0) is 29.9 Å². The van der Waals surface area contributed by atoms with E-state index < -0.39 is 0 Å². The van der Waals surface area contributed by atoms with E-state index in [-0.39, 0.29) is 0 Å². The standard InChI is InChI=1S/C15H21BrN2S/c1-3-15(4-2)10-18-14(19-11-15)17-9-12-7-5-6-8-13(12)16/h5-8H,3-4,9-11H2,1-2H3,(H,17,18). The maximum absolute atomic E-state index is 4.72. The van der Waals surface area contributed by atoms with Gasteiger partial charge >= 0.3 is 0 Å². The van der Waals surface area contributed by atoms with Crippen LogP contribution in [0, 0.1) is 5.41 Å². The van der Waals surface area contributed by atoms with Crippen LogP contribution in [0.5, 0.6) is 0 Å². The van der Waals surface area contributed by atoms with Gasteiger partial charge in [0.15, 0.2) is 5.17 Å². The molecular weight excluding hydrogens is 320 g/mol. The van der Waals surface area contributed by atoms with Crippen molar-refractivity contribution in [3.05, 3.63) is 34.3 Å². The van der Waals surface area contributed by atoms with E-state index in [0.717, 1.165) is 22.7 Å². The summed E-state index contributed by atoms with van der Waals surface area (Å²) in [5.74, 6) is 1.18. The molecule has 0 amide bonds. The second kappa shape index (κ2) is 6.80. The Morgan fingerprint density at radius 1 is 1.32 bits per heavy atom. The van der Waals surface area contributed by atoms with Crippen molar-refractivity contribution in [1.29, 1.82) is 0 Å². The van der Waals surface area contributed by atoms with Crippen molar-refractivity contribution in [1.82, 2.24) is 5.32 Å². The Hall–Kier alpha value is -0.480. The molecule has 1 N–H and O–H groups in total. The molecule has 0 fully saturated rings. The molecule has 0 radical (unpaired) electrons. The van der Waals surface area contributed by atoms with Crippen LogP contribution in [-0.2, 0) is 6.54 Å². The van der Waals surface area contributed by atoms with Crippen molar-refractivity contribution in [2.75, 3.05) is 12.3 Å². The highest BCUT2D eigenvalue weighted by molar-refractivity contribution is 9.10. The molecule has 19 heavy (non-hydrogen) atoms. The molecule has 0 aromatic heterocycles. The lowest BCUT2D eigenvalue weighted by molar-refractivity contribution is 0.318. The van der Waals surface area contributed by atoms with Gasteiger partial charge in [-0.25, -0.2) is 0 Å². The Kier molecular flexibility index (Phi) is 5.34. The summed E-state index contributed by atoms with van der Waals surface area (Å²) in [5, 5.41) is 4.54. The fourth-order valence-corrected chi connectivity index (χ4v) is 3.85. The first-order chi connectivity index (χ1) is 9.19. The van der Waals surface area contributed by atoms with Crippen LogP contribution in [0.3, 0.4) is 0 Å². The van der Waals surface area contributed by atoms with Gasteiger partial charge in [-0.2, -0.15) is 0 Å². The summed E-state index contributed by atoms with van der Waals surface area (Å²) >= 11 is 5.44. The summed E-state index contributed by atoms with van der Waals surface area (Å²) < 4.78 is 1.15. The summed E-state index contributed by atoms with van der Waals surface area (Å²) in [7, 11) is 0. The van der Waals surface area contributed by atoms with E-state index >= 15 is 0 Å². The van der Waals surface area contributed by atoms with Crippen LogP contribution in [-0.4, -0.2) is 17.5 Å². The molecule has 1 heterocycles. The van der Waals surface area contributed by atoms with E-state index in [9.17, 15) is 0 Å². The highest BCUT2D eigenvalue weighted by Crippen LogP contribution is 2.34. The molecule has 1 aliphatic rings. The summed E-state index contributed by atoms with van der Waals surface area (Å²) in [6.07, 6.45) is 2.44. The summed E-state index contributed by atoms with van der Waals surface area (Å²) in [6, 6.07) is 8.31. The van der Waals surface area contributed by atoms with Gasteiger partial charge in [0.25, 0.3) is 0 Å². The topological polar surface area (TPSA) is 24.4 Å². The van der Waals surface area contributed by atoms with Crippen LogP contribution in [0.25, 0.3) is 0 Å². The van der Waals surface area contributed by atoms with Gasteiger partial charge in [-0.1, -0.05) is 59.7 Å². The van der Waals surface area contributed by atoms with Crippen molar-refractivity contribution < 1.29 is 0 Å². The molecule has 104 valence electrons. The maximum Gasteiger partial charge on any atom is 0.156 e. The lowest BCUT2D eigenvalue weighted by atomic mass is 9.84. The minimum Gasteiger partial charge on any atom is -0.361 e. The molecule has 1 aliphatic heterocycles. The minimum absolute atomic E-state index is 0.420. The molecule has 0 bridgehead atoms. The van der Waals surface area contributed by atoms with Gasteiger partial charge in [0, 0.05) is 23.3 Å². The van der Waals surface area contributed by atoms with E-state index in [2.05, 4.69) is 53.3 Å². The van der Waals surface area contributed by atoms with E-state index in [1.165, 1.54) is 24.2 Å². The van der Waals surface area contributed by atoms with Crippen LogP contribution in [0.15, 0.2) is 33.7 Å². The molecule has 0 atom stereocenters. The Morgan fingerprint density at radius 2 is 2.05 bits per heavy atom. The monoisotopic (exact) mass is 340 g/mol. The molecule has 1 aromatic carbocycles. The van der Waals surface area contributed by atoms with Crippen molar-refractivity contribution >= 4 is 32.9 Å². The van der Waals surface area contributed by atoms with E-state index in [1.54, 1.807) is 0 Å². The quantitative estimate of drug-likeness (QED) is 0.875. The van der Waals surface area contributed by atoms with Crippen molar-refractivity contribution in [2.45, 2.75) is 33.2 Å². The van der Waals surface area contributed by atoms with Gasteiger partial charge in [-0.3, -0.25) is 4.99 Å². The van der Waals surface area contributed by atoms with Gasteiger partial charge in [0.1, 0.15) is 0 Å². The minimum atomic E-state index is 0.420. The second-order valence-electron chi connectivity index (χ2n) is 5.06. The zero-order valence-corrected chi connectivity index (χ0v) is 14.0. The number of benzene rings is 1. The Balaban J connectivity index is 1.92. The number of thioether (sulfide) groups is 1. The zero-order chi connectivity index (χ0) is 13.7. The lowest BCUT2D eigenvalue weighted by Crippen LogP contribution is -2.34. The van der Waals surface area contributed by atoms with Crippen molar-refractivity contribution in [3.63, 3.8) is 0 Å². The SMILES string of the molecule is CCC1(CC)CN=C(NCc2ccccc2Br)SC1. The fraction of sp³-hybridized carbons (Fsp3) is 0.533. The summed E-state index contributed by atoms with van der Waals surface area (Å²) in [5.41, 5.74) is 1.69. The predicted octanol–water partition coefficient (Wildman–Crippen LogP) is 4.45. The molecule has 0 aliphatic carbocycles. The average molecular weight is 341 g/mol. The van der Waals surface area contributed by atoms with Crippen LogP contribution >= 0.6 is 27.7 Å². The second-order valence-corrected chi connectivity index (χ2v) is 6.88. The number of hydrogen-bond donors (Lipinski definition) is 1. The maximum atomic E-state index is 4.72.